The van der Waals surface area contributed by atoms with Crippen molar-refractivity contribution in [2.75, 3.05) is 13.6 Å². The van der Waals surface area contributed by atoms with Crippen LogP contribution in [-0.4, -0.2) is 30.4 Å². The first-order valence-electron chi connectivity index (χ1n) is 6.83. The van der Waals surface area contributed by atoms with Gasteiger partial charge in [0.2, 0.25) is 5.91 Å². The van der Waals surface area contributed by atoms with Gasteiger partial charge in [-0.05, 0) is 24.5 Å². The van der Waals surface area contributed by atoms with E-state index in [2.05, 4.69) is 12.2 Å². The molecule has 3 N–H and O–H groups in total. The zero-order chi connectivity index (χ0) is 14.7. The Morgan fingerprint density at radius 1 is 1.50 bits per heavy atom. The molecule has 0 spiro atoms. The number of nitrogens with two attached hydrogens (primary N) is 1. The minimum atomic E-state index is -0.616. The lowest BCUT2D eigenvalue weighted by atomic mass is 10.3. The van der Waals surface area contributed by atoms with E-state index in [0.29, 0.717) is 18.4 Å². The van der Waals surface area contributed by atoms with E-state index in [-0.39, 0.29) is 18.9 Å². The number of hydrogen-bond donors (Lipinski definition) is 2. The molecule has 1 aromatic heterocycles. The summed E-state index contributed by atoms with van der Waals surface area (Å²) < 4.78 is 5.76. The van der Waals surface area contributed by atoms with E-state index < -0.39 is 6.03 Å². The van der Waals surface area contributed by atoms with E-state index in [1.165, 1.54) is 6.42 Å². The van der Waals surface area contributed by atoms with Crippen LogP contribution in [0.4, 0.5) is 4.79 Å². The molecule has 1 heterocycles. The molecule has 110 valence electrons. The fourth-order valence-electron chi connectivity index (χ4n) is 2.20. The molecule has 1 aliphatic rings. The van der Waals surface area contributed by atoms with Crippen molar-refractivity contribution in [1.82, 2.24) is 10.2 Å². The van der Waals surface area contributed by atoms with Crippen LogP contribution in [-0.2, 0) is 11.3 Å². The Hall–Kier alpha value is -1.98. The van der Waals surface area contributed by atoms with Crippen LogP contribution in [0.2, 0.25) is 0 Å². The summed E-state index contributed by atoms with van der Waals surface area (Å²) >= 11 is 0. The Kier molecular flexibility index (Phi) is 4.32. The summed E-state index contributed by atoms with van der Waals surface area (Å²) in [4.78, 5) is 23.9. The van der Waals surface area contributed by atoms with E-state index in [1.807, 2.05) is 12.1 Å². The third-order valence-corrected chi connectivity index (χ3v) is 3.61. The smallest absolute Gasteiger partial charge is 0.312 e. The largest absolute Gasteiger partial charge is 0.464 e. The number of urea groups is 1. The lowest BCUT2D eigenvalue weighted by Gasteiger charge is -2.15. The molecular formula is C14H21N3O3. The first-order chi connectivity index (χ1) is 9.47. The normalized spacial score (nSPS) is 20.5. The quantitative estimate of drug-likeness (QED) is 0.825. The van der Waals surface area contributed by atoms with Gasteiger partial charge in [-0.1, -0.05) is 6.92 Å². The standard InChI is InChI=1S/C14H21N3O3/c1-9-7-11(9)12-4-3-10(20-12)8-17(2)13(18)5-6-16-14(15)19/h3-4,9,11H,5-8H2,1-2H3,(H3,15,16,19)/t9-,11+/m1/s1. The molecule has 0 bridgehead atoms. The maximum absolute atomic E-state index is 11.8. The van der Waals surface area contributed by atoms with E-state index in [1.54, 1.807) is 11.9 Å². The molecule has 6 heteroatoms. The summed E-state index contributed by atoms with van der Waals surface area (Å²) in [6.07, 6.45) is 1.41. The highest BCUT2D eigenvalue weighted by molar-refractivity contribution is 5.77. The minimum absolute atomic E-state index is 0.0588. The first-order valence-corrected chi connectivity index (χ1v) is 6.83. The number of nitrogens with one attached hydrogen (secondary N) is 1. The molecule has 1 saturated carbocycles. The van der Waals surface area contributed by atoms with Crippen LogP contribution < -0.4 is 11.1 Å². The van der Waals surface area contributed by atoms with Crippen LogP contribution in [0.15, 0.2) is 16.5 Å². The SMILES string of the molecule is C[C@@H]1C[C@@H]1c1ccc(CN(C)C(=O)CCNC(N)=O)o1. The zero-order valence-electron chi connectivity index (χ0n) is 11.9. The van der Waals surface area contributed by atoms with E-state index >= 15 is 0 Å². The van der Waals surface area contributed by atoms with E-state index in [0.717, 1.165) is 11.5 Å². The zero-order valence-corrected chi connectivity index (χ0v) is 11.9. The van der Waals surface area contributed by atoms with Crippen LogP contribution in [0.1, 0.15) is 37.2 Å². The van der Waals surface area contributed by atoms with E-state index in [9.17, 15) is 9.59 Å². The molecule has 2 atom stereocenters. The number of primary amides is 1. The molecule has 6 nitrogen and oxygen atoms in total. The molecule has 2 rings (SSSR count). The Morgan fingerprint density at radius 2 is 2.20 bits per heavy atom. The van der Waals surface area contributed by atoms with Crippen molar-refractivity contribution in [2.24, 2.45) is 11.7 Å². The lowest BCUT2D eigenvalue weighted by Crippen LogP contribution is -2.34. The van der Waals surface area contributed by atoms with Gasteiger partial charge in [-0.3, -0.25) is 4.79 Å². The summed E-state index contributed by atoms with van der Waals surface area (Å²) in [6, 6.07) is 3.30. The molecule has 0 aliphatic heterocycles. The number of amides is 3. The fraction of sp³-hybridized carbons (Fsp3) is 0.571. The predicted molar refractivity (Wildman–Crippen MR) is 73.9 cm³/mol. The lowest BCUT2D eigenvalue weighted by molar-refractivity contribution is -0.130. The number of nitrogens with zero attached hydrogens (tertiary/aromatic N) is 1. The molecular weight excluding hydrogens is 258 g/mol. The second-order valence-electron chi connectivity index (χ2n) is 5.41. The molecule has 20 heavy (non-hydrogen) atoms. The van der Waals surface area contributed by atoms with Crippen molar-refractivity contribution >= 4 is 11.9 Å². The van der Waals surface area contributed by atoms with Crippen molar-refractivity contribution in [3.05, 3.63) is 23.7 Å². The van der Waals surface area contributed by atoms with Crippen molar-refractivity contribution in [3.63, 3.8) is 0 Å². The number of hydrogen-bond acceptors (Lipinski definition) is 3. The minimum Gasteiger partial charge on any atom is -0.464 e. The van der Waals surface area contributed by atoms with Gasteiger partial charge in [0, 0.05) is 25.9 Å². The molecule has 1 fully saturated rings. The summed E-state index contributed by atoms with van der Waals surface area (Å²) in [5, 5.41) is 2.40. The van der Waals surface area contributed by atoms with Crippen LogP contribution in [0.25, 0.3) is 0 Å². The predicted octanol–water partition coefficient (Wildman–Crippen LogP) is 1.42. The third kappa shape index (κ3) is 3.76. The van der Waals surface area contributed by atoms with Gasteiger partial charge < -0.3 is 20.4 Å². The third-order valence-electron chi connectivity index (χ3n) is 3.61. The summed E-state index contributed by atoms with van der Waals surface area (Å²) in [5.74, 6) is 3.00. The summed E-state index contributed by atoms with van der Waals surface area (Å²) in [7, 11) is 1.72. The van der Waals surface area contributed by atoms with Gasteiger partial charge in [-0.25, -0.2) is 4.79 Å². The average molecular weight is 279 g/mol. The molecule has 1 aliphatic carbocycles. The average Bonchev–Trinajstić information content (AvgIpc) is 2.93. The van der Waals surface area contributed by atoms with Gasteiger partial charge >= 0.3 is 6.03 Å². The van der Waals surface area contributed by atoms with Gasteiger partial charge in [0.25, 0.3) is 0 Å². The monoisotopic (exact) mass is 279 g/mol. The highest BCUT2D eigenvalue weighted by Crippen LogP contribution is 2.47. The number of carbonyl (C=O) groups excluding carboxylic acids is 2. The summed E-state index contributed by atoms with van der Waals surface area (Å²) in [6.45, 7) is 2.90. The maximum Gasteiger partial charge on any atom is 0.312 e. The van der Waals surface area contributed by atoms with Crippen molar-refractivity contribution < 1.29 is 14.0 Å². The Bertz CT molecular complexity index is 498. The Balaban J connectivity index is 1.78. The Labute approximate surface area is 118 Å². The molecule has 0 aromatic carbocycles. The van der Waals surface area contributed by atoms with Crippen LogP contribution in [0.5, 0.6) is 0 Å². The first kappa shape index (κ1) is 14.4. The molecule has 1 aromatic rings. The summed E-state index contributed by atoms with van der Waals surface area (Å²) in [5.41, 5.74) is 4.94. The fourth-order valence-corrected chi connectivity index (χ4v) is 2.20. The van der Waals surface area contributed by atoms with Crippen LogP contribution in [0.3, 0.4) is 0 Å². The second kappa shape index (κ2) is 5.98. The van der Waals surface area contributed by atoms with Gasteiger partial charge in [-0.15, -0.1) is 0 Å². The molecule has 0 saturated heterocycles. The number of rotatable bonds is 6. The van der Waals surface area contributed by atoms with Gasteiger partial charge in [-0.2, -0.15) is 0 Å². The van der Waals surface area contributed by atoms with Crippen LogP contribution in [0, 0.1) is 5.92 Å². The molecule has 0 unspecified atom stereocenters. The number of carbonyl (C=O) groups is 2. The topological polar surface area (TPSA) is 88.6 Å². The van der Waals surface area contributed by atoms with Gasteiger partial charge in [0.1, 0.15) is 11.5 Å². The van der Waals surface area contributed by atoms with Gasteiger partial charge in [0.05, 0.1) is 6.54 Å². The number of furan rings is 1. The van der Waals surface area contributed by atoms with Crippen molar-refractivity contribution in [1.29, 1.82) is 0 Å². The Morgan fingerprint density at radius 3 is 2.80 bits per heavy atom. The highest BCUT2D eigenvalue weighted by atomic mass is 16.3. The maximum atomic E-state index is 11.8. The van der Waals surface area contributed by atoms with Crippen molar-refractivity contribution in [2.45, 2.75) is 32.2 Å². The highest BCUT2D eigenvalue weighted by Gasteiger charge is 2.36. The molecule has 3 amide bonds. The molecule has 0 radical (unpaired) electrons. The second-order valence-corrected chi connectivity index (χ2v) is 5.41. The van der Waals surface area contributed by atoms with Crippen molar-refractivity contribution in [3.8, 4) is 0 Å². The van der Waals surface area contributed by atoms with Gasteiger partial charge in [0.15, 0.2) is 0 Å². The van der Waals surface area contributed by atoms with Crippen LogP contribution >= 0.6 is 0 Å². The van der Waals surface area contributed by atoms with E-state index in [4.69, 9.17) is 10.2 Å².